The van der Waals surface area contributed by atoms with Crippen molar-refractivity contribution >= 4 is 23.4 Å². The average molecular weight is 441 g/mol. The van der Waals surface area contributed by atoms with Gasteiger partial charge in [0.15, 0.2) is 0 Å². The molecule has 0 aliphatic carbocycles. The van der Waals surface area contributed by atoms with Gasteiger partial charge in [0.05, 0.1) is 18.4 Å². The lowest BCUT2D eigenvalue weighted by Gasteiger charge is -2.20. The first-order valence-electron chi connectivity index (χ1n) is 10.8. The van der Waals surface area contributed by atoms with E-state index in [2.05, 4.69) is 10.6 Å². The van der Waals surface area contributed by atoms with E-state index in [0.29, 0.717) is 29.0 Å². The van der Waals surface area contributed by atoms with Crippen LogP contribution in [0.25, 0.3) is 11.1 Å². The van der Waals surface area contributed by atoms with E-state index < -0.39 is 6.04 Å². The summed E-state index contributed by atoms with van der Waals surface area (Å²) in [6.45, 7) is 0.272. The van der Waals surface area contributed by atoms with Gasteiger partial charge in [0.25, 0.3) is 11.8 Å². The Kier molecular flexibility index (Phi) is 5.30. The monoisotopic (exact) mass is 441 g/mol. The first-order valence-corrected chi connectivity index (χ1v) is 10.8. The number of nitrogens with one attached hydrogen (secondary N) is 2. The third kappa shape index (κ3) is 3.93. The largest absolute Gasteiger partial charge is 0.497 e. The van der Waals surface area contributed by atoms with Gasteiger partial charge < -0.3 is 20.3 Å². The zero-order valence-electron chi connectivity index (χ0n) is 18.1. The van der Waals surface area contributed by atoms with E-state index in [4.69, 9.17) is 4.74 Å². The summed E-state index contributed by atoms with van der Waals surface area (Å²) in [5, 5.41) is 5.85. The second kappa shape index (κ2) is 8.43. The zero-order chi connectivity index (χ0) is 22.9. The SMILES string of the molecule is COc1ccc(C(=O)N[C@H]2C[C@H]3C(=O)Nc4ccc(-c5ccccc5)cc4C(=O)N3C2)cc1. The van der Waals surface area contributed by atoms with Crippen molar-refractivity contribution in [1.29, 1.82) is 0 Å². The summed E-state index contributed by atoms with van der Waals surface area (Å²) in [4.78, 5) is 40.6. The van der Waals surface area contributed by atoms with Crippen molar-refractivity contribution in [2.24, 2.45) is 0 Å². The molecule has 2 atom stereocenters. The van der Waals surface area contributed by atoms with Crippen molar-refractivity contribution < 1.29 is 19.1 Å². The van der Waals surface area contributed by atoms with Crippen LogP contribution in [0.2, 0.25) is 0 Å². The summed E-state index contributed by atoms with van der Waals surface area (Å²) in [7, 11) is 1.56. The Morgan fingerprint density at radius 3 is 2.48 bits per heavy atom. The van der Waals surface area contributed by atoms with E-state index in [9.17, 15) is 14.4 Å². The highest BCUT2D eigenvalue weighted by Gasteiger charge is 2.43. The fourth-order valence-corrected chi connectivity index (χ4v) is 4.44. The number of rotatable bonds is 4. The molecule has 0 unspecified atom stereocenters. The number of anilines is 1. The van der Waals surface area contributed by atoms with E-state index in [1.807, 2.05) is 42.5 Å². The molecule has 3 amide bonds. The van der Waals surface area contributed by atoms with Crippen LogP contribution in [0.1, 0.15) is 27.1 Å². The molecule has 2 heterocycles. The Bertz CT molecular complexity index is 1220. The number of methoxy groups -OCH3 is 1. The Morgan fingerprint density at radius 2 is 1.76 bits per heavy atom. The molecule has 7 nitrogen and oxygen atoms in total. The number of amides is 3. The van der Waals surface area contributed by atoms with E-state index in [1.54, 1.807) is 42.3 Å². The second-order valence-corrected chi connectivity index (χ2v) is 8.22. The molecule has 5 rings (SSSR count). The molecule has 1 fully saturated rings. The summed E-state index contributed by atoms with van der Waals surface area (Å²) in [6, 6.07) is 21.1. The van der Waals surface area contributed by atoms with E-state index >= 15 is 0 Å². The van der Waals surface area contributed by atoms with Gasteiger partial charge in [-0.3, -0.25) is 14.4 Å². The van der Waals surface area contributed by atoms with Crippen LogP contribution in [0.15, 0.2) is 72.8 Å². The smallest absolute Gasteiger partial charge is 0.256 e. The van der Waals surface area contributed by atoms with Crippen molar-refractivity contribution in [1.82, 2.24) is 10.2 Å². The Balaban J connectivity index is 1.36. The molecule has 2 aliphatic rings. The molecule has 0 spiro atoms. The number of ether oxygens (including phenoxy) is 1. The highest BCUT2D eigenvalue weighted by molar-refractivity contribution is 6.11. The molecule has 7 heteroatoms. The normalized spacial score (nSPS) is 19.2. The minimum Gasteiger partial charge on any atom is -0.497 e. The second-order valence-electron chi connectivity index (χ2n) is 8.22. The summed E-state index contributed by atoms with van der Waals surface area (Å²) in [6.07, 6.45) is 0.360. The predicted octanol–water partition coefficient (Wildman–Crippen LogP) is 3.33. The minimum atomic E-state index is -0.633. The van der Waals surface area contributed by atoms with Gasteiger partial charge in [0.1, 0.15) is 11.8 Å². The fourth-order valence-electron chi connectivity index (χ4n) is 4.44. The van der Waals surface area contributed by atoms with Gasteiger partial charge in [-0.25, -0.2) is 0 Å². The fraction of sp³-hybridized carbons (Fsp3) is 0.192. The standard InChI is InChI=1S/C26H23N3O4/c1-33-20-10-7-17(8-11-20)24(30)27-19-14-23-25(31)28-22-12-9-18(16-5-3-2-4-6-16)13-21(22)26(32)29(23)15-19/h2-13,19,23H,14-15H2,1H3,(H,27,30)(H,28,31)/t19-,23-/m0/s1. The van der Waals surface area contributed by atoms with Crippen LogP contribution in [0, 0.1) is 0 Å². The van der Waals surface area contributed by atoms with E-state index in [0.717, 1.165) is 11.1 Å². The summed E-state index contributed by atoms with van der Waals surface area (Å²) in [5.41, 5.74) is 3.35. The first kappa shape index (κ1) is 20.8. The molecule has 0 aromatic heterocycles. The maximum absolute atomic E-state index is 13.4. The van der Waals surface area contributed by atoms with Crippen molar-refractivity contribution in [3.05, 3.63) is 83.9 Å². The Hall–Kier alpha value is -4.13. The highest BCUT2D eigenvalue weighted by atomic mass is 16.5. The topological polar surface area (TPSA) is 87.7 Å². The molecule has 3 aromatic carbocycles. The molecule has 166 valence electrons. The first-order chi connectivity index (χ1) is 16.0. The van der Waals surface area contributed by atoms with Crippen LogP contribution in [0.3, 0.4) is 0 Å². The summed E-state index contributed by atoms with van der Waals surface area (Å²) in [5.74, 6) is -0.0420. The third-order valence-corrected chi connectivity index (χ3v) is 6.17. The highest BCUT2D eigenvalue weighted by Crippen LogP contribution is 2.32. The van der Waals surface area contributed by atoms with Gasteiger partial charge in [-0.15, -0.1) is 0 Å². The van der Waals surface area contributed by atoms with Gasteiger partial charge in [0.2, 0.25) is 5.91 Å². The van der Waals surface area contributed by atoms with Crippen LogP contribution < -0.4 is 15.4 Å². The van der Waals surface area contributed by atoms with Crippen molar-refractivity contribution in [2.45, 2.75) is 18.5 Å². The quantitative estimate of drug-likeness (QED) is 0.650. The average Bonchev–Trinajstić information content (AvgIpc) is 3.24. The van der Waals surface area contributed by atoms with Crippen molar-refractivity contribution in [3.63, 3.8) is 0 Å². The van der Waals surface area contributed by atoms with Gasteiger partial charge in [-0.05, 0) is 53.9 Å². The number of fused-ring (bicyclic) bond motifs is 2. The lowest BCUT2D eigenvalue weighted by molar-refractivity contribution is -0.119. The molecule has 33 heavy (non-hydrogen) atoms. The number of benzene rings is 3. The molecule has 0 radical (unpaired) electrons. The molecule has 0 bridgehead atoms. The Labute approximate surface area is 191 Å². The van der Waals surface area contributed by atoms with Crippen molar-refractivity contribution in [2.75, 3.05) is 19.0 Å². The number of hydrogen-bond donors (Lipinski definition) is 2. The molecule has 3 aromatic rings. The molecular weight excluding hydrogens is 418 g/mol. The van der Waals surface area contributed by atoms with Gasteiger partial charge in [0, 0.05) is 18.2 Å². The van der Waals surface area contributed by atoms with Gasteiger partial charge in [-0.2, -0.15) is 0 Å². The predicted molar refractivity (Wildman–Crippen MR) is 124 cm³/mol. The Morgan fingerprint density at radius 1 is 1.00 bits per heavy atom. The third-order valence-electron chi connectivity index (χ3n) is 6.17. The maximum atomic E-state index is 13.4. The van der Waals surface area contributed by atoms with Gasteiger partial charge >= 0.3 is 0 Å². The van der Waals surface area contributed by atoms with Crippen LogP contribution in [-0.4, -0.2) is 48.4 Å². The maximum Gasteiger partial charge on any atom is 0.256 e. The van der Waals surface area contributed by atoms with Crippen molar-refractivity contribution in [3.8, 4) is 16.9 Å². The number of hydrogen-bond acceptors (Lipinski definition) is 4. The zero-order valence-corrected chi connectivity index (χ0v) is 18.1. The van der Waals surface area contributed by atoms with Crippen LogP contribution in [0.4, 0.5) is 5.69 Å². The molecule has 1 saturated heterocycles. The van der Waals surface area contributed by atoms with E-state index in [1.165, 1.54) is 0 Å². The van der Waals surface area contributed by atoms with E-state index in [-0.39, 0.29) is 30.3 Å². The van der Waals surface area contributed by atoms with Crippen LogP contribution in [0.5, 0.6) is 5.75 Å². The number of carbonyl (C=O) groups excluding carboxylic acids is 3. The minimum absolute atomic E-state index is 0.215. The molecule has 2 aliphatic heterocycles. The summed E-state index contributed by atoms with van der Waals surface area (Å²) >= 11 is 0. The molecule has 0 saturated carbocycles. The number of nitrogens with zero attached hydrogens (tertiary/aromatic N) is 1. The van der Waals surface area contributed by atoms with Gasteiger partial charge in [-0.1, -0.05) is 36.4 Å². The lowest BCUT2D eigenvalue weighted by atomic mass is 10.0. The summed E-state index contributed by atoms with van der Waals surface area (Å²) < 4.78 is 5.13. The molecular formula is C26H23N3O4. The van der Waals surface area contributed by atoms with Crippen LogP contribution >= 0.6 is 0 Å². The lowest BCUT2D eigenvalue weighted by Crippen LogP contribution is -2.41. The van der Waals surface area contributed by atoms with Crippen LogP contribution in [-0.2, 0) is 4.79 Å². The number of carbonyl (C=O) groups is 3. The molecule has 2 N–H and O–H groups in total.